The van der Waals surface area contributed by atoms with E-state index in [1.54, 1.807) is 24.4 Å². The molecule has 8 heteroatoms. The largest absolute Gasteiger partial charge is 0.460 e. The second-order valence-electron chi connectivity index (χ2n) is 7.99. The third kappa shape index (κ3) is 4.23. The second kappa shape index (κ2) is 8.80. The highest BCUT2D eigenvalue weighted by Gasteiger charge is 2.19. The third-order valence-electron chi connectivity index (χ3n) is 5.62. The van der Waals surface area contributed by atoms with Crippen molar-refractivity contribution in [2.24, 2.45) is 0 Å². The lowest BCUT2D eigenvalue weighted by atomic mass is 9.97. The highest BCUT2D eigenvalue weighted by atomic mass is 19.1. The Hall–Kier alpha value is -4.90. The minimum Gasteiger partial charge on any atom is -0.460 e. The Labute approximate surface area is 199 Å². The summed E-state index contributed by atoms with van der Waals surface area (Å²) < 4.78 is 19.0. The molecule has 2 aromatic carbocycles. The lowest BCUT2D eigenvalue weighted by molar-refractivity contribution is 0.0993. The van der Waals surface area contributed by atoms with Crippen molar-refractivity contribution < 1.29 is 13.6 Å². The standard InChI is InChI=1S/C27H18FN5O2/c1-15-2-9-24(35-15)26-25(32-22(14-29)27(30)33-26)18-5-8-21-20(12-18)17(10-11-31-21)13-23(34)16-3-6-19(28)7-4-16/h2-12H,13H2,1H3,(H2,30,33). The number of furan rings is 1. The highest BCUT2D eigenvalue weighted by molar-refractivity contribution is 6.00. The summed E-state index contributed by atoms with van der Waals surface area (Å²) in [5, 5.41) is 10.2. The molecule has 0 amide bonds. The van der Waals surface area contributed by atoms with E-state index in [1.807, 2.05) is 31.2 Å². The fourth-order valence-electron chi connectivity index (χ4n) is 3.88. The molecule has 0 unspecified atom stereocenters. The zero-order valence-corrected chi connectivity index (χ0v) is 18.6. The van der Waals surface area contributed by atoms with Crippen molar-refractivity contribution in [3.8, 4) is 28.8 Å². The Kier molecular flexibility index (Phi) is 5.51. The van der Waals surface area contributed by atoms with E-state index < -0.39 is 5.82 Å². The number of nitriles is 1. The van der Waals surface area contributed by atoms with Crippen LogP contribution in [-0.2, 0) is 6.42 Å². The first-order valence-corrected chi connectivity index (χ1v) is 10.7. The summed E-state index contributed by atoms with van der Waals surface area (Å²) in [7, 11) is 0. The van der Waals surface area contributed by atoms with Gasteiger partial charge in [0.1, 0.15) is 29.0 Å². The first kappa shape index (κ1) is 21.9. The van der Waals surface area contributed by atoms with Gasteiger partial charge in [0.25, 0.3) is 0 Å². The number of ketones is 1. The first-order chi connectivity index (χ1) is 16.9. The van der Waals surface area contributed by atoms with Crippen LogP contribution >= 0.6 is 0 Å². The maximum Gasteiger partial charge on any atom is 0.183 e. The molecule has 0 saturated carbocycles. The number of carbonyl (C=O) groups excluding carboxylic acids is 1. The molecule has 0 aliphatic rings. The average Bonchev–Trinajstić information content (AvgIpc) is 3.30. The number of carbonyl (C=O) groups is 1. The Morgan fingerprint density at radius 3 is 2.57 bits per heavy atom. The molecule has 5 aromatic rings. The number of Topliss-reactive ketones (excluding diaryl/α,β-unsaturated/α-hetero) is 1. The Morgan fingerprint density at radius 2 is 1.86 bits per heavy atom. The molecule has 0 aliphatic carbocycles. The number of fused-ring (bicyclic) bond motifs is 1. The van der Waals surface area contributed by atoms with Crippen LogP contribution in [0, 0.1) is 24.1 Å². The van der Waals surface area contributed by atoms with Crippen LogP contribution < -0.4 is 5.73 Å². The van der Waals surface area contributed by atoms with E-state index in [0.29, 0.717) is 39.6 Å². The van der Waals surface area contributed by atoms with Crippen molar-refractivity contribution >= 4 is 22.5 Å². The van der Waals surface area contributed by atoms with Gasteiger partial charge in [-0.2, -0.15) is 5.26 Å². The summed E-state index contributed by atoms with van der Waals surface area (Å²) in [6, 6.07) is 18.3. The molecular weight excluding hydrogens is 445 g/mol. The number of nitrogen functional groups attached to an aromatic ring is 1. The molecule has 0 aliphatic heterocycles. The van der Waals surface area contributed by atoms with E-state index >= 15 is 0 Å². The van der Waals surface area contributed by atoms with Gasteiger partial charge in [-0.25, -0.2) is 14.4 Å². The number of nitrogens with two attached hydrogens (primary N) is 1. The normalized spacial score (nSPS) is 10.9. The van der Waals surface area contributed by atoms with Crippen LogP contribution in [0.15, 0.2) is 71.3 Å². The van der Waals surface area contributed by atoms with Gasteiger partial charge in [-0.05, 0) is 67.1 Å². The van der Waals surface area contributed by atoms with E-state index in [0.717, 1.165) is 10.9 Å². The number of nitrogens with zero attached hydrogens (tertiary/aromatic N) is 4. The van der Waals surface area contributed by atoms with Crippen LogP contribution in [0.3, 0.4) is 0 Å². The molecule has 2 N–H and O–H groups in total. The SMILES string of the molecule is Cc1ccc(-c2nc(N)c(C#N)nc2-c2ccc3nccc(CC(=O)c4ccc(F)cc4)c3c2)o1. The molecule has 0 bridgehead atoms. The molecule has 0 radical (unpaired) electrons. The Balaban J connectivity index is 1.63. The molecule has 0 saturated heterocycles. The number of pyridine rings is 1. The number of benzene rings is 2. The number of rotatable bonds is 5. The quantitative estimate of drug-likeness (QED) is 0.352. The predicted octanol–water partition coefficient (Wildman–Crippen LogP) is 5.28. The topological polar surface area (TPSA) is 119 Å². The lowest BCUT2D eigenvalue weighted by Crippen LogP contribution is -2.05. The number of hydrogen-bond acceptors (Lipinski definition) is 7. The maximum atomic E-state index is 13.3. The van der Waals surface area contributed by atoms with E-state index in [4.69, 9.17) is 10.2 Å². The predicted molar refractivity (Wildman–Crippen MR) is 129 cm³/mol. The van der Waals surface area contributed by atoms with Gasteiger partial charge in [0.2, 0.25) is 0 Å². The summed E-state index contributed by atoms with van der Waals surface area (Å²) in [6.07, 6.45) is 1.75. The summed E-state index contributed by atoms with van der Waals surface area (Å²) in [6.45, 7) is 1.82. The molecule has 0 spiro atoms. The van der Waals surface area contributed by atoms with Gasteiger partial charge in [-0.1, -0.05) is 6.07 Å². The maximum absolute atomic E-state index is 13.3. The van der Waals surface area contributed by atoms with Crippen LogP contribution in [0.25, 0.3) is 33.6 Å². The zero-order valence-electron chi connectivity index (χ0n) is 18.6. The lowest BCUT2D eigenvalue weighted by Gasteiger charge is -2.11. The van der Waals surface area contributed by atoms with Gasteiger partial charge in [0, 0.05) is 29.1 Å². The minimum atomic E-state index is -0.399. The molecule has 5 rings (SSSR count). The number of aryl methyl sites for hydroxylation is 1. The molecule has 3 heterocycles. The third-order valence-corrected chi connectivity index (χ3v) is 5.62. The van der Waals surface area contributed by atoms with Crippen LogP contribution in [-0.4, -0.2) is 20.7 Å². The molecule has 0 atom stereocenters. The van der Waals surface area contributed by atoms with Gasteiger partial charge in [-0.3, -0.25) is 9.78 Å². The number of hydrogen-bond donors (Lipinski definition) is 1. The van der Waals surface area contributed by atoms with Crippen LogP contribution in [0.1, 0.15) is 27.4 Å². The van der Waals surface area contributed by atoms with Crippen LogP contribution in [0.5, 0.6) is 0 Å². The number of anilines is 1. The zero-order chi connectivity index (χ0) is 24.5. The number of halogens is 1. The molecule has 35 heavy (non-hydrogen) atoms. The summed E-state index contributed by atoms with van der Waals surface area (Å²) in [4.78, 5) is 26.1. The molecule has 7 nitrogen and oxygen atoms in total. The molecular formula is C27H18FN5O2. The van der Waals surface area contributed by atoms with E-state index in [9.17, 15) is 14.4 Å². The molecule has 0 fully saturated rings. The molecule has 170 valence electrons. The van der Waals surface area contributed by atoms with Crippen LogP contribution in [0.4, 0.5) is 10.2 Å². The van der Waals surface area contributed by atoms with Crippen molar-refractivity contribution in [3.05, 3.63) is 95.3 Å². The van der Waals surface area contributed by atoms with Crippen molar-refractivity contribution in [3.63, 3.8) is 0 Å². The Bertz CT molecular complexity index is 1630. The number of aromatic nitrogens is 3. The second-order valence-corrected chi connectivity index (χ2v) is 7.99. The minimum absolute atomic E-state index is 0.00465. The van der Waals surface area contributed by atoms with E-state index in [2.05, 4.69) is 15.0 Å². The Morgan fingerprint density at radius 1 is 1.06 bits per heavy atom. The van der Waals surface area contributed by atoms with E-state index in [1.165, 1.54) is 24.3 Å². The van der Waals surface area contributed by atoms with Crippen molar-refractivity contribution in [1.29, 1.82) is 5.26 Å². The van der Waals surface area contributed by atoms with Crippen molar-refractivity contribution in [2.45, 2.75) is 13.3 Å². The smallest absolute Gasteiger partial charge is 0.183 e. The first-order valence-electron chi connectivity index (χ1n) is 10.7. The summed E-state index contributed by atoms with van der Waals surface area (Å²) in [5.74, 6) is 0.630. The monoisotopic (exact) mass is 463 g/mol. The van der Waals surface area contributed by atoms with Gasteiger partial charge in [-0.15, -0.1) is 0 Å². The van der Waals surface area contributed by atoms with Crippen molar-refractivity contribution in [1.82, 2.24) is 15.0 Å². The van der Waals surface area contributed by atoms with Gasteiger partial charge >= 0.3 is 0 Å². The van der Waals surface area contributed by atoms with Gasteiger partial charge < -0.3 is 10.2 Å². The summed E-state index contributed by atoms with van der Waals surface area (Å²) in [5.41, 5.74) is 9.31. The van der Waals surface area contributed by atoms with E-state index in [-0.39, 0.29) is 23.7 Å². The van der Waals surface area contributed by atoms with Crippen molar-refractivity contribution in [2.75, 3.05) is 5.73 Å². The van der Waals surface area contributed by atoms with Gasteiger partial charge in [0.05, 0.1) is 5.52 Å². The summed E-state index contributed by atoms with van der Waals surface area (Å²) >= 11 is 0. The molecule has 3 aromatic heterocycles. The fourth-order valence-corrected chi connectivity index (χ4v) is 3.88. The van der Waals surface area contributed by atoms with Crippen LogP contribution in [0.2, 0.25) is 0 Å². The highest BCUT2D eigenvalue weighted by Crippen LogP contribution is 2.33. The fraction of sp³-hybridized carbons (Fsp3) is 0.0741. The van der Waals surface area contributed by atoms with Gasteiger partial charge in [0.15, 0.2) is 23.1 Å². The average molecular weight is 463 g/mol.